The largest absolute Gasteiger partial charge is 0.310 e. The van der Waals surface area contributed by atoms with Crippen molar-refractivity contribution in [3.63, 3.8) is 0 Å². The highest BCUT2D eigenvalue weighted by Gasteiger charge is 2.16. The minimum Gasteiger partial charge on any atom is -0.310 e. The molecule has 0 bridgehead atoms. The standard InChI is InChI=1S/C60H52N2/c1-45-17-15-21-49(41-45)19-11-13-23-51-29-39-59(43-47(51)3)61(55-25-7-5-8-26-55)57-35-31-53(32-36-57)54-33-37-58(38-34-54)62(56-27-9-6-10-28-56)60-40-30-52(48(4)44-60)24-14-12-20-50-22-16-18-46(2)42-50/h5-44H,1-4H3/b19-11-,20-12+,23-13-,24-14-. The molecule has 0 radical (unpaired) electrons. The summed E-state index contributed by atoms with van der Waals surface area (Å²) in [5.74, 6) is 0. The smallest absolute Gasteiger partial charge is 0.0464 e. The van der Waals surface area contributed by atoms with E-state index in [4.69, 9.17) is 0 Å². The van der Waals surface area contributed by atoms with Crippen LogP contribution in [-0.2, 0) is 0 Å². The van der Waals surface area contributed by atoms with Gasteiger partial charge >= 0.3 is 0 Å². The third-order valence-electron chi connectivity index (χ3n) is 11.1. The first-order valence-electron chi connectivity index (χ1n) is 21.3. The van der Waals surface area contributed by atoms with Crippen LogP contribution < -0.4 is 9.80 Å². The fourth-order valence-electron chi connectivity index (χ4n) is 7.83. The molecular weight excluding hydrogens is 749 g/mol. The molecule has 0 aliphatic heterocycles. The van der Waals surface area contributed by atoms with E-state index in [2.05, 4.69) is 280 Å². The fourth-order valence-corrected chi connectivity index (χ4v) is 7.83. The predicted molar refractivity (Wildman–Crippen MR) is 269 cm³/mol. The third kappa shape index (κ3) is 10.2. The Morgan fingerprint density at radius 3 is 1.02 bits per heavy atom. The summed E-state index contributed by atoms with van der Waals surface area (Å²) >= 11 is 0. The summed E-state index contributed by atoms with van der Waals surface area (Å²) in [4.78, 5) is 4.65. The first-order valence-corrected chi connectivity index (χ1v) is 21.3. The van der Waals surface area contributed by atoms with E-state index in [-0.39, 0.29) is 0 Å². The fraction of sp³-hybridized carbons (Fsp3) is 0.0667. The second kappa shape index (κ2) is 19.6. The summed E-state index contributed by atoms with van der Waals surface area (Å²) in [6, 6.07) is 69.5. The van der Waals surface area contributed by atoms with Gasteiger partial charge in [-0.3, -0.25) is 0 Å². The highest BCUT2D eigenvalue weighted by molar-refractivity contribution is 5.82. The van der Waals surface area contributed by atoms with Crippen molar-refractivity contribution in [2.45, 2.75) is 27.7 Å². The van der Waals surface area contributed by atoms with Gasteiger partial charge in [0.05, 0.1) is 0 Å². The van der Waals surface area contributed by atoms with Crippen molar-refractivity contribution in [1.29, 1.82) is 0 Å². The Balaban J connectivity index is 1.01. The van der Waals surface area contributed by atoms with Crippen molar-refractivity contribution in [2.75, 3.05) is 9.80 Å². The Hall–Kier alpha value is -7.68. The number of nitrogens with zero attached hydrogens (tertiary/aromatic N) is 2. The van der Waals surface area contributed by atoms with Gasteiger partial charge in [0.15, 0.2) is 0 Å². The highest BCUT2D eigenvalue weighted by Crippen LogP contribution is 2.39. The summed E-state index contributed by atoms with van der Waals surface area (Å²) in [5.41, 5.74) is 18.8. The second-order valence-electron chi connectivity index (χ2n) is 15.8. The van der Waals surface area contributed by atoms with E-state index < -0.39 is 0 Å². The third-order valence-corrected chi connectivity index (χ3v) is 11.1. The molecular formula is C60H52N2. The Kier molecular flexibility index (Phi) is 13.0. The molecule has 2 heteroatoms. The van der Waals surface area contributed by atoms with Gasteiger partial charge in [0.1, 0.15) is 0 Å². The van der Waals surface area contributed by atoms with Crippen molar-refractivity contribution in [1.82, 2.24) is 0 Å². The Labute approximate surface area is 368 Å². The summed E-state index contributed by atoms with van der Waals surface area (Å²) < 4.78 is 0. The second-order valence-corrected chi connectivity index (χ2v) is 15.8. The van der Waals surface area contributed by atoms with Crippen LogP contribution >= 0.6 is 0 Å². The average Bonchev–Trinajstić information content (AvgIpc) is 3.29. The molecule has 0 N–H and O–H groups in total. The van der Waals surface area contributed by atoms with Gasteiger partial charge in [0.2, 0.25) is 0 Å². The van der Waals surface area contributed by atoms with Gasteiger partial charge in [-0.05, 0) is 145 Å². The Morgan fingerprint density at radius 1 is 0.290 bits per heavy atom. The van der Waals surface area contributed by atoms with Crippen molar-refractivity contribution in [2.24, 2.45) is 0 Å². The molecule has 0 aliphatic carbocycles. The van der Waals surface area contributed by atoms with Crippen molar-refractivity contribution >= 4 is 58.4 Å². The van der Waals surface area contributed by atoms with Crippen molar-refractivity contribution in [3.8, 4) is 11.1 Å². The first kappa shape index (κ1) is 41.1. The van der Waals surface area contributed by atoms with E-state index in [0.717, 1.165) is 34.1 Å². The summed E-state index contributed by atoms with van der Waals surface area (Å²) in [6.45, 7) is 8.61. The maximum atomic E-state index is 2.33. The lowest BCUT2D eigenvalue weighted by atomic mass is 10.0. The lowest BCUT2D eigenvalue weighted by molar-refractivity contribution is 1.26. The molecule has 0 spiro atoms. The van der Waals surface area contributed by atoms with Crippen LogP contribution in [0.1, 0.15) is 44.5 Å². The molecule has 0 fully saturated rings. The van der Waals surface area contributed by atoms with Crippen molar-refractivity contribution < 1.29 is 0 Å². The maximum Gasteiger partial charge on any atom is 0.0464 e. The number of rotatable bonds is 13. The highest BCUT2D eigenvalue weighted by atomic mass is 15.1. The van der Waals surface area contributed by atoms with Crippen LogP contribution in [0.5, 0.6) is 0 Å². The van der Waals surface area contributed by atoms with E-state index in [1.54, 1.807) is 0 Å². The summed E-state index contributed by atoms with van der Waals surface area (Å²) in [6.07, 6.45) is 17.1. The molecule has 8 rings (SSSR count). The zero-order valence-electron chi connectivity index (χ0n) is 36.0. The Bertz CT molecular complexity index is 2660. The van der Waals surface area contributed by atoms with E-state index >= 15 is 0 Å². The van der Waals surface area contributed by atoms with Crippen LogP contribution in [0.15, 0.2) is 218 Å². The van der Waals surface area contributed by atoms with Gasteiger partial charge in [-0.2, -0.15) is 0 Å². The average molecular weight is 801 g/mol. The van der Waals surface area contributed by atoms with Crippen LogP contribution in [0.4, 0.5) is 34.1 Å². The summed E-state index contributed by atoms with van der Waals surface area (Å²) in [7, 11) is 0. The normalized spacial score (nSPS) is 11.6. The molecule has 0 atom stereocenters. The van der Waals surface area contributed by atoms with Gasteiger partial charge < -0.3 is 9.80 Å². The molecule has 0 aliphatic rings. The van der Waals surface area contributed by atoms with Crippen molar-refractivity contribution in [3.05, 3.63) is 263 Å². The monoisotopic (exact) mass is 800 g/mol. The van der Waals surface area contributed by atoms with E-state index in [1.165, 1.54) is 55.6 Å². The van der Waals surface area contributed by atoms with E-state index in [9.17, 15) is 0 Å². The van der Waals surface area contributed by atoms with Crippen LogP contribution in [0.3, 0.4) is 0 Å². The quantitative estimate of drug-likeness (QED) is 0.107. The topological polar surface area (TPSA) is 6.48 Å². The van der Waals surface area contributed by atoms with Crippen LogP contribution in [0.2, 0.25) is 0 Å². The molecule has 0 amide bonds. The van der Waals surface area contributed by atoms with Gasteiger partial charge in [0.25, 0.3) is 0 Å². The van der Waals surface area contributed by atoms with Gasteiger partial charge in [-0.1, -0.05) is 181 Å². The predicted octanol–water partition coefficient (Wildman–Crippen LogP) is 17.0. The van der Waals surface area contributed by atoms with Crippen LogP contribution in [0.25, 0.3) is 35.4 Å². The zero-order chi connectivity index (χ0) is 42.7. The van der Waals surface area contributed by atoms with E-state index in [0.29, 0.717) is 0 Å². The number of anilines is 6. The molecule has 2 nitrogen and oxygen atoms in total. The molecule has 0 saturated carbocycles. The number of benzene rings is 8. The zero-order valence-corrected chi connectivity index (χ0v) is 36.0. The lowest BCUT2D eigenvalue weighted by Gasteiger charge is -2.27. The number of aryl methyl sites for hydroxylation is 4. The lowest BCUT2D eigenvalue weighted by Crippen LogP contribution is -2.10. The first-order chi connectivity index (χ1) is 30.4. The maximum absolute atomic E-state index is 2.33. The molecule has 302 valence electrons. The Morgan fingerprint density at radius 2 is 0.645 bits per heavy atom. The minimum atomic E-state index is 1.10. The number of para-hydroxylation sites is 2. The van der Waals surface area contributed by atoms with Gasteiger partial charge in [0, 0.05) is 34.1 Å². The molecule has 0 heterocycles. The number of hydrogen-bond acceptors (Lipinski definition) is 2. The van der Waals surface area contributed by atoms with Crippen LogP contribution in [-0.4, -0.2) is 0 Å². The SMILES string of the molecule is Cc1cccc(/C=C\C=C/c2ccc(N(c3ccccc3)c3ccc(-c4ccc(N(c5ccccc5)c5ccc(/C=C\C=C\c6cccc(C)c6)c(C)c5)cc4)cc3)cc2C)c1. The molecule has 62 heavy (non-hydrogen) atoms. The minimum absolute atomic E-state index is 1.10. The number of allylic oxidation sites excluding steroid dienone is 4. The van der Waals surface area contributed by atoms with E-state index in [1.807, 2.05) is 0 Å². The molecule has 0 aromatic heterocycles. The molecule has 8 aromatic carbocycles. The summed E-state index contributed by atoms with van der Waals surface area (Å²) in [5, 5.41) is 0. The molecule has 0 unspecified atom stereocenters. The van der Waals surface area contributed by atoms with Crippen LogP contribution in [0, 0.1) is 27.7 Å². The molecule has 0 saturated heterocycles. The molecule has 8 aromatic rings. The van der Waals surface area contributed by atoms with Gasteiger partial charge in [-0.15, -0.1) is 0 Å². The number of hydrogen-bond donors (Lipinski definition) is 0. The van der Waals surface area contributed by atoms with Gasteiger partial charge in [-0.25, -0.2) is 0 Å².